The Labute approximate surface area is 255 Å². The highest BCUT2D eigenvalue weighted by molar-refractivity contribution is 7.99. The summed E-state index contributed by atoms with van der Waals surface area (Å²) in [6, 6.07) is 23.7. The molecule has 2 unspecified atom stereocenters. The van der Waals surface area contributed by atoms with Crippen LogP contribution in [0.5, 0.6) is 0 Å². The lowest BCUT2D eigenvalue weighted by molar-refractivity contribution is -0.384. The Hall–Kier alpha value is -4.41. The topological polar surface area (TPSA) is 117 Å². The molecule has 1 heterocycles. The molecule has 1 aliphatic heterocycles. The molecule has 0 amide bonds. The number of benzene rings is 3. The standard InChI is InChI=1S/C33H34N2O7S/c1-21-29(32(36)40-4)31(26-11-8-12-27(19-26)35(38)39)30(22(2)34-21)33(37)42-23(3)25-13-15-28(16-14-25)43-18-17-41-20-24-9-6-5-7-10-24/h5-16,19,23,31,34H,17-18,20H2,1-4H3. The predicted molar refractivity (Wildman–Crippen MR) is 164 cm³/mol. The van der Waals surface area contributed by atoms with E-state index in [0.29, 0.717) is 30.2 Å². The molecule has 0 fully saturated rings. The van der Waals surface area contributed by atoms with Crippen molar-refractivity contribution in [3.8, 4) is 0 Å². The van der Waals surface area contributed by atoms with Crippen LogP contribution in [-0.2, 0) is 30.4 Å². The summed E-state index contributed by atoms with van der Waals surface area (Å²) in [6.45, 7) is 6.37. The molecular weight excluding hydrogens is 568 g/mol. The summed E-state index contributed by atoms with van der Waals surface area (Å²) in [6.07, 6.45) is -0.597. The molecule has 224 valence electrons. The molecule has 1 N–H and O–H groups in total. The summed E-state index contributed by atoms with van der Waals surface area (Å²) in [5, 5.41) is 14.6. The Balaban J connectivity index is 1.45. The molecule has 9 nitrogen and oxygen atoms in total. The van der Waals surface area contributed by atoms with Crippen molar-refractivity contribution in [2.24, 2.45) is 0 Å². The molecule has 0 aliphatic carbocycles. The van der Waals surface area contributed by atoms with E-state index in [1.807, 2.05) is 54.6 Å². The highest BCUT2D eigenvalue weighted by Gasteiger charge is 2.38. The summed E-state index contributed by atoms with van der Waals surface area (Å²) < 4.78 is 16.7. The highest BCUT2D eigenvalue weighted by Crippen LogP contribution is 2.40. The van der Waals surface area contributed by atoms with Crippen LogP contribution >= 0.6 is 11.8 Å². The molecule has 0 bridgehead atoms. The van der Waals surface area contributed by atoms with Crippen molar-refractivity contribution >= 4 is 29.4 Å². The van der Waals surface area contributed by atoms with Crippen molar-refractivity contribution in [3.63, 3.8) is 0 Å². The van der Waals surface area contributed by atoms with E-state index >= 15 is 0 Å². The van der Waals surface area contributed by atoms with Crippen LogP contribution in [0.1, 0.15) is 49.5 Å². The van der Waals surface area contributed by atoms with Crippen LogP contribution < -0.4 is 5.32 Å². The molecule has 3 aromatic carbocycles. The van der Waals surface area contributed by atoms with Crippen molar-refractivity contribution in [2.45, 2.75) is 44.3 Å². The molecule has 0 saturated heterocycles. The maximum atomic E-state index is 13.7. The minimum atomic E-state index is -0.920. The van der Waals surface area contributed by atoms with Crippen LogP contribution in [0.25, 0.3) is 0 Å². The Bertz CT molecular complexity index is 1530. The Morgan fingerprint density at radius 2 is 1.63 bits per heavy atom. The molecule has 4 rings (SSSR count). The van der Waals surface area contributed by atoms with E-state index in [1.54, 1.807) is 38.6 Å². The number of ether oxygens (including phenoxy) is 3. The number of rotatable bonds is 12. The van der Waals surface area contributed by atoms with E-state index in [2.05, 4.69) is 5.32 Å². The second-order valence-corrected chi connectivity index (χ2v) is 11.2. The zero-order chi connectivity index (χ0) is 30.9. The van der Waals surface area contributed by atoms with Crippen LogP contribution in [0.3, 0.4) is 0 Å². The van der Waals surface area contributed by atoms with Gasteiger partial charge in [-0.2, -0.15) is 0 Å². The summed E-state index contributed by atoms with van der Waals surface area (Å²) in [5.41, 5.74) is 3.53. The van der Waals surface area contributed by atoms with Gasteiger partial charge in [-0.25, -0.2) is 9.59 Å². The smallest absolute Gasteiger partial charge is 0.337 e. The maximum absolute atomic E-state index is 13.7. The van der Waals surface area contributed by atoms with E-state index in [1.165, 1.54) is 25.3 Å². The van der Waals surface area contributed by atoms with Gasteiger partial charge in [-0.15, -0.1) is 11.8 Å². The Morgan fingerprint density at radius 3 is 2.28 bits per heavy atom. The number of esters is 2. The van der Waals surface area contributed by atoms with Crippen molar-refractivity contribution in [3.05, 3.63) is 128 Å². The predicted octanol–water partition coefficient (Wildman–Crippen LogP) is 6.62. The third-order valence-corrected chi connectivity index (χ3v) is 8.02. The Morgan fingerprint density at radius 1 is 0.953 bits per heavy atom. The average Bonchev–Trinajstić information content (AvgIpc) is 3.01. The van der Waals surface area contributed by atoms with Gasteiger partial charge in [0.1, 0.15) is 6.10 Å². The van der Waals surface area contributed by atoms with Crippen molar-refractivity contribution < 1.29 is 28.7 Å². The minimum absolute atomic E-state index is 0.155. The van der Waals surface area contributed by atoms with E-state index < -0.39 is 28.9 Å². The van der Waals surface area contributed by atoms with Gasteiger partial charge in [0.25, 0.3) is 5.69 Å². The number of nitro groups is 1. The first-order valence-electron chi connectivity index (χ1n) is 13.8. The first-order chi connectivity index (χ1) is 20.7. The largest absolute Gasteiger partial charge is 0.466 e. The van der Waals surface area contributed by atoms with Gasteiger partial charge in [-0.1, -0.05) is 54.6 Å². The zero-order valence-electron chi connectivity index (χ0n) is 24.5. The molecule has 0 spiro atoms. The fraction of sp³-hybridized carbons (Fsp3) is 0.273. The summed E-state index contributed by atoms with van der Waals surface area (Å²) in [5.74, 6) is -1.41. The normalized spacial score (nSPS) is 15.5. The lowest BCUT2D eigenvalue weighted by Crippen LogP contribution is -2.32. The SMILES string of the molecule is COC(=O)C1=C(C)NC(C)=C(C(=O)OC(C)c2ccc(SCCOCc3ccccc3)cc2)C1c1cccc([N+](=O)[O-])c1. The fourth-order valence-electron chi connectivity index (χ4n) is 4.91. The number of carbonyl (C=O) groups excluding carboxylic acids is 2. The monoisotopic (exact) mass is 602 g/mol. The van der Waals surface area contributed by atoms with E-state index in [4.69, 9.17) is 14.2 Å². The lowest BCUT2D eigenvalue weighted by Gasteiger charge is -2.30. The first-order valence-corrected chi connectivity index (χ1v) is 14.7. The number of allylic oxidation sites excluding steroid dienone is 2. The number of carbonyl (C=O) groups is 2. The van der Waals surface area contributed by atoms with Gasteiger partial charge in [-0.3, -0.25) is 10.1 Å². The van der Waals surface area contributed by atoms with Gasteiger partial charge in [-0.05, 0) is 49.6 Å². The quantitative estimate of drug-likeness (QED) is 0.0803. The summed E-state index contributed by atoms with van der Waals surface area (Å²) in [4.78, 5) is 38.6. The molecule has 10 heteroatoms. The average molecular weight is 603 g/mol. The van der Waals surface area contributed by atoms with E-state index in [9.17, 15) is 19.7 Å². The lowest BCUT2D eigenvalue weighted by atomic mass is 9.80. The van der Waals surface area contributed by atoms with Crippen LogP contribution in [0.4, 0.5) is 5.69 Å². The van der Waals surface area contributed by atoms with Crippen molar-refractivity contribution in [2.75, 3.05) is 19.5 Å². The second kappa shape index (κ2) is 14.7. The zero-order valence-corrected chi connectivity index (χ0v) is 25.3. The molecule has 0 radical (unpaired) electrons. The van der Waals surface area contributed by atoms with Crippen LogP contribution in [0, 0.1) is 10.1 Å². The van der Waals surface area contributed by atoms with Gasteiger partial charge in [0.2, 0.25) is 0 Å². The second-order valence-electron chi connectivity index (χ2n) is 9.98. The molecular formula is C33H34N2O7S. The van der Waals surface area contributed by atoms with E-state index in [-0.39, 0.29) is 16.8 Å². The number of methoxy groups -OCH3 is 1. The van der Waals surface area contributed by atoms with Crippen LogP contribution in [0.15, 0.2) is 106 Å². The van der Waals surface area contributed by atoms with Crippen molar-refractivity contribution in [1.29, 1.82) is 0 Å². The summed E-state index contributed by atoms with van der Waals surface area (Å²) >= 11 is 1.67. The number of hydrogen-bond donors (Lipinski definition) is 1. The molecule has 1 aliphatic rings. The van der Waals surface area contributed by atoms with E-state index in [0.717, 1.165) is 21.8 Å². The molecule has 0 aromatic heterocycles. The van der Waals surface area contributed by atoms with Gasteiger partial charge < -0.3 is 19.5 Å². The van der Waals surface area contributed by atoms with Crippen LogP contribution in [0.2, 0.25) is 0 Å². The summed E-state index contributed by atoms with van der Waals surface area (Å²) in [7, 11) is 1.25. The highest BCUT2D eigenvalue weighted by atomic mass is 32.2. The Kier molecular flexibility index (Phi) is 10.7. The number of nitrogens with one attached hydrogen (secondary N) is 1. The molecule has 43 heavy (non-hydrogen) atoms. The number of thioether (sulfide) groups is 1. The number of nitrogens with zero attached hydrogens (tertiary/aromatic N) is 1. The molecule has 2 atom stereocenters. The fourth-order valence-corrected chi connectivity index (χ4v) is 5.67. The molecule has 0 saturated carbocycles. The van der Waals surface area contributed by atoms with Crippen molar-refractivity contribution in [1.82, 2.24) is 5.32 Å². The van der Waals surface area contributed by atoms with Gasteiger partial charge in [0.15, 0.2) is 0 Å². The minimum Gasteiger partial charge on any atom is -0.466 e. The third kappa shape index (κ3) is 7.91. The van der Waals surface area contributed by atoms with Gasteiger partial charge in [0, 0.05) is 34.2 Å². The maximum Gasteiger partial charge on any atom is 0.337 e. The number of non-ortho nitro benzene ring substituents is 1. The first kappa shape index (κ1) is 31.5. The van der Waals surface area contributed by atoms with Crippen LogP contribution in [-0.4, -0.2) is 36.3 Å². The number of nitro benzene ring substituents is 1. The molecule has 3 aromatic rings. The number of dihydropyridines is 1. The van der Waals surface area contributed by atoms with Gasteiger partial charge in [0.05, 0.1) is 42.3 Å². The van der Waals surface area contributed by atoms with Gasteiger partial charge >= 0.3 is 11.9 Å². The number of hydrogen-bond acceptors (Lipinski definition) is 9. The third-order valence-electron chi connectivity index (χ3n) is 7.04.